The number of nitrogens with zero attached hydrogens (tertiary/aromatic N) is 3. The van der Waals surface area contributed by atoms with Gasteiger partial charge in [0.2, 0.25) is 5.82 Å². The largest absolute Gasteiger partial charge is 0.489 e. The number of hydrogen-bond donors (Lipinski definition) is 0. The molecule has 0 unspecified atom stereocenters. The third kappa shape index (κ3) is 4.66. The molecule has 0 saturated heterocycles. The smallest absolute Gasteiger partial charge is 0.338 e. The van der Waals surface area contributed by atoms with Crippen LogP contribution in [0.1, 0.15) is 38.8 Å². The summed E-state index contributed by atoms with van der Waals surface area (Å²) >= 11 is 0. The average molecular weight is 437 g/mol. The van der Waals surface area contributed by atoms with Crippen molar-refractivity contribution in [3.8, 4) is 17.1 Å². The van der Waals surface area contributed by atoms with Crippen LogP contribution in [0.2, 0.25) is 0 Å². The molecule has 32 heavy (non-hydrogen) atoms. The van der Waals surface area contributed by atoms with Crippen LogP contribution in [0, 0.1) is 26.6 Å². The second kappa shape index (κ2) is 9.01. The molecule has 0 N–H and O–H groups in total. The minimum Gasteiger partial charge on any atom is -0.489 e. The van der Waals surface area contributed by atoms with Crippen LogP contribution < -0.4 is 4.74 Å². The van der Waals surface area contributed by atoms with Gasteiger partial charge in [0.1, 0.15) is 23.9 Å². The molecular weight excluding hydrogens is 417 g/mol. The summed E-state index contributed by atoms with van der Waals surface area (Å²) in [4.78, 5) is 16.4. The van der Waals surface area contributed by atoms with Crippen molar-refractivity contribution in [1.29, 1.82) is 0 Å². The zero-order valence-electron chi connectivity index (χ0n) is 17.7. The summed E-state index contributed by atoms with van der Waals surface area (Å²) < 4.78 is 34.9. The number of rotatable bonds is 7. The third-order valence-electron chi connectivity index (χ3n) is 4.88. The van der Waals surface area contributed by atoms with E-state index in [1.165, 1.54) is 6.07 Å². The van der Waals surface area contributed by atoms with Crippen molar-refractivity contribution in [2.24, 2.45) is 0 Å². The standard InChI is InChI=1S/C23H20FN3O5/c1-13-4-5-17(10-20(13)24)22-25-21(32-27-22)12-30-23(28)16-6-8-18(9-7-16)29-11-19-14(2)26-31-15(19)3/h4-10H,11-12H2,1-3H3. The Bertz CT molecular complexity index is 1230. The van der Waals surface area contributed by atoms with E-state index in [0.717, 1.165) is 11.3 Å². The number of carbonyl (C=O) groups excluding carboxylic acids is 1. The molecule has 4 aromatic rings. The summed E-state index contributed by atoms with van der Waals surface area (Å²) in [6.45, 7) is 5.44. The van der Waals surface area contributed by atoms with Gasteiger partial charge in [-0.2, -0.15) is 4.98 Å². The Morgan fingerprint density at radius 2 is 1.78 bits per heavy atom. The predicted octanol–water partition coefficient (Wildman–Crippen LogP) is 4.72. The lowest BCUT2D eigenvalue weighted by atomic mass is 10.1. The number of esters is 1. The molecule has 2 heterocycles. The number of hydrogen-bond acceptors (Lipinski definition) is 8. The van der Waals surface area contributed by atoms with E-state index in [0.29, 0.717) is 34.8 Å². The Morgan fingerprint density at radius 3 is 2.47 bits per heavy atom. The highest BCUT2D eigenvalue weighted by Crippen LogP contribution is 2.20. The lowest BCUT2D eigenvalue weighted by molar-refractivity contribution is 0.0429. The van der Waals surface area contributed by atoms with Crippen molar-refractivity contribution in [3.63, 3.8) is 0 Å². The number of carbonyl (C=O) groups is 1. The van der Waals surface area contributed by atoms with Gasteiger partial charge in [-0.05, 0) is 56.7 Å². The Kier molecular flexibility index (Phi) is 5.98. The molecule has 0 bridgehead atoms. The highest BCUT2D eigenvalue weighted by Gasteiger charge is 2.14. The Morgan fingerprint density at radius 1 is 1.00 bits per heavy atom. The molecule has 0 radical (unpaired) electrons. The molecule has 4 rings (SSSR count). The fourth-order valence-electron chi connectivity index (χ4n) is 2.92. The second-order valence-corrected chi connectivity index (χ2v) is 7.17. The van der Waals surface area contributed by atoms with E-state index in [9.17, 15) is 9.18 Å². The van der Waals surface area contributed by atoms with Crippen LogP contribution in [0.3, 0.4) is 0 Å². The molecule has 0 saturated carbocycles. The maximum absolute atomic E-state index is 13.7. The van der Waals surface area contributed by atoms with E-state index in [1.54, 1.807) is 43.3 Å². The molecule has 0 aliphatic heterocycles. The van der Waals surface area contributed by atoms with Crippen LogP contribution in [0.4, 0.5) is 4.39 Å². The first-order chi connectivity index (χ1) is 15.4. The summed E-state index contributed by atoms with van der Waals surface area (Å²) in [5, 5.41) is 7.69. The fraction of sp³-hybridized carbons (Fsp3) is 0.217. The number of ether oxygens (including phenoxy) is 2. The number of halogens is 1. The lowest BCUT2D eigenvalue weighted by Crippen LogP contribution is -2.05. The first kappa shape index (κ1) is 21.2. The zero-order valence-corrected chi connectivity index (χ0v) is 17.7. The number of aromatic nitrogens is 3. The van der Waals surface area contributed by atoms with Gasteiger partial charge in [0.05, 0.1) is 16.8 Å². The van der Waals surface area contributed by atoms with E-state index in [-0.39, 0.29) is 24.1 Å². The highest BCUT2D eigenvalue weighted by molar-refractivity contribution is 5.89. The molecule has 0 aliphatic rings. The molecule has 0 fully saturated rings. The van der Waals surface area contributed by atoms with Crippen LogP contribution in [0.15, 0.2) is 51.5 Å². The summed E-state index contributed by atoms with van der Waals surface area (Å²) in [5.74, 6) is 0.708. The summed E-state index contributed by atoms with van der Waals surface area (Å²) in [7, 11) is 0. The van der Waals surface area contributed by atoms with Gasteiger partial charge in [-0.25, -0.2) is 9.18 Å². The molecule has 0 amide bonds. The van der Waals surface area contributed by atoms with Crippen LogP contribution in [0.25, 0.3) is 11.4 Å². The van der Waals surface area contributed by atoms with Crippen LogP contribution >= 0.6 is 0 Å². The summed E-state index contributed by atoms with van der Waals surface area (Å²) in [5.41, 5.74) is 3.00. The minimum absolute atomic E-state index is 0.105. The average Bonchev–Trinajstić information content (AvgIpc) is 3.39. The molecule has 8 nitrogen and oxygen atoms in total. The molecule has 2 aromatic heterocycles. The Labute approximate surface area is 182 Å². The second-order valence-electron chi connectivity index (χ2n) is 7.17. The first-order valence-corrected chi connectivity index (χ1v) is 9.81. The molecule has 0 aliphatic carbocycles. The summed E-state index contributed by atoms with van der Waals surface area (Å²) in [6, 6.07) is 11.2. The monoisotopic (exact) mass is 437 g/mol. The number of benzene rings is 2. The van der Waals surface area contributed by atoms with Crippen LogP contribution in [0.5, 0.6) is 5.75 Å². The molecule has 164 valence electrons. The van der Waals surface area contributed by atoms with E-state index >= 15 is 0 Å². The predicted molar refractivity (Wildman–Crippen MR) is 110 cm³/mol. The molecule has 0 atom stereocenters. The van der Waals surface area contributed by atoms with Crippen molar-refractivity contribution in [2.75, 3.05) is 0 Å². The zero-order chi connectivity index (χ0) is 22.7. The highest BCUT2D eigenvalue weighted by atomic mass is 19.1. The molecule has 9 heteroatoms. The van der Waals surface area contributed by atoms with Gasteiger partial charge in [0.15, 0.2) is 6.61 Å². The van der Waals surface area contributed by atoms with Crippen molar-refractivity contribution in [2.45, 2.75) is 34.0 Å². The van der Waals surface area contributed by atoms with E-state index in [4.69, 9.17) is 18.5 Å². The normalized spacial score (nSPS) is 10.9. The molecular formula is C23H20FN3O5. The SMILES string of the molecule is Cc1ccc(-c2noc(COC(=O)c3ccc(OCc4c(C)noc4C)cc3)n2)cc1F. The van der Waals surface area contributed by atoms with Crippen molar-refractivity contribution in [3.05, 3.63) is 82.3 Å². The van der Waals surface area contributed by atoms with Gasteiger partial charge >= 0.3 is 5.97 Å². The quantitative estimate of drug-likeness (QED) is 0.383. The maximum atomic E-state index is 13.7. The van der Waals surface area contributed by atoms with Gasteiger partial charge in [0.25, 0.3) is 5.89 Å². The van der Waals surface area contributed by atoms with Gasteiger partial charge in [-0.3, -0.25) is 0 Å². The van der Waals surface area contributed by atoms with Gasteiger partial charge in [-0.1, -0.05) is 22.4 Å². The third-order valence-corrected chi connectivity index (χ3v) is 4.88. The van der Waals surface area contributed by atoms with Crippen molar-refractivity contribution < 1.29 is 27.7 Å². The fourth-order valence-corrected chi connectivity index (χ4v) is 2.92. The summed E-state index contributed by atoms with van der Waals surface area (Å²) in [6.07, 6.45) is 0. The van der Waals surface area contributed by atoms with E-state index in [1.807, 2.05) is 13.8 Å². The van der Waals surface area contributed by atoms with Gasteiger partial charge in [0, 0.05) is 5.56 Å². The van der Waals surface area contributed by atoms with Gasteiger partial charge in [-0.15, -0.1) is 0 Å². The van der Waals surface area contributed by atoms with Crippen LogP contribution in [-0.2, 0) is 18.0 Å². The lowest BCUT2D eigenvalue weighted by Gasteiger charge is -2.07. The first-order valence-electron chi connectivity index (χ1n) is 9.81. The minimum atomic E-state index is -0.552. The van der Waals surface area contributed by atoms with E-state index in [2.05, 4.69) is 15.3 Å². The van der Waals surface area contributed by atoms with Crippen LogP contribution in [-0.4, -0.2) is 21.3 Å². The van der Waals surface area contributed by atoms with E-state index < -0.39 is 5.97 Å². The Hall–Kier alpha value is -4.01. The number of aryl methyl sites for hydroxylation is 3. The van der Waals surface area contributed by atoms with Crippen molar-refractivity contribution >= 4 is 5.97 Å². The van der Waals surface area contributed by atoms with Crippen molar-refractivity contribution in [1.82, 2.24) is 15.3 Å². The maximum Gasteiger partial charge on any atom is 0.338 e. The topological polar surface area (TPSA) is 100 Å². The molecule has 2 aromatic carbocycles. The molecule has 0 spiro atoms. The van der Waals surface area contributed by atoms with Gasteiger partial charge < -0.3 is 18.5 Å². The Balaban J connectivity index is 1.32.